The monoisotopic (exact) mass is 403 g/mol. The summed E-state index contributed by atoms with van der Waals surface area (Å²) in [4.78, 5) is 11.8. The fourth-order valence-electron chi connectivity index (χ4n) is 3.68. The average molecular weight is 404 g/mol. The zero-order valence-electron chi connectivity index (χ0n) is 17.6. The largest absolute Gasteiger partial charge is 0.450 e. The van der Waals surface area contributed by atoms with E-state index < -0.39 is 21.5 Å². The standard InChI is InChI=1S/C21H41NO4S/c1-3-4-5-6-7-8-9-10-11-12-13-14-15-17-26-20(23)22-21(2)16-18-27(24,25)19-21/h3-19H2,1-2H3,(H,22,23). The van der Waals surface area contributed by atoms with Crippen LogP contribution in [-0.2, 0) is 14.6 Å². The van der Waals surface area contributed by atoms with E-state index in [1.165, 1.54) is 70.6 Å². The molecule has 1 aliphatic heterocycles. The SMILES string of the molecule is CCCCCCCCCCCCCCCOC(=O)NC1(C)CCS(=O)(=O)C1. The molecule has 1 amide bonds. The van der Waals surface area contributed by atoms with E-state index in [0.717, 1.165) is 12.8 Å². The Morgan fingerprint density at radius 1 is 0.889 bits per heavy atom. The highest BCUT2D eigenvalue weighted by atomic mass is 32.2. The summed E-state index contributed by atoms with van der Waals surface area (Å²) in [6.45, 7) is 4.43. The van der Waals surface area contributed by atoms with Gasteiger partial charge in [-0.1, -0.05) is 84.0 Å². The predicted molar refractivity (Wildman–Crippen MR) is 112 cm³/mol. The first-order chi connectivity index (χ1) is 12.9. The minimum absolute atomic E-state index is 0.00778. The number of hydrogen-bond donors (Lipinski definition) is 1. The first kappa shape index (κ1) is 24.3. The summed E-state index contributed by atoms with van der Waals surface area (Å²) in [5.41, 5.74) is -0.675. The Hall–Kier alpha value is -0.780. The lowest BCUT2D eigenvalue weighted by atomic mass is 10.0. The quantitative estimate of drug-likeness (QED) is 0.373. The van der Waals surface area contributed by atoms with Gasteiger partial charge in [-0.3, -0.25) is 0 Å². The second kappa shape index (κ2) is 13.4. The van der Waals surface area contributed by atoms with E-state index >= 15 is 0 Å². The van der Waals surface area contributed by atoms with Gasteiger partial charge >= 0.3 is 6.09 Å². The summed E-state index contributed by atoms with van der Waals surface area (Å²) in [5.74, 6) is 0.149. The fourth-order valence-corrected chi connectivity index (χ4v) is 5.77. The summed E-state index contributed by atoms with van der Waals surface area (Å²) in [7, 11) is -3.02. The minimum Gasteiger partial charge on any atom is -0.450 e. The lowest BCUT2D eigenvalue weighted by molar-refractivity contribution is 0.134. The molecule has 1 aliphatic rings. The molecule has 5 nitrogen and oxygen atoms in total. The molecule has 1 saturated heterocycles. The third-order valence-electron chi connectivity index (χ3n) is 5.39. The topological polar surface area (TPSA) is 72.5 Å². The molecule has 0 aromatic carbocycles. The van der Waals surface area contributed by atoms with Crippen LogP contribution in [0, 0.1) is 0 Å². The van der Waals surface area contributed by atoms with Gasteiger partial charge in [0.2, 0.25) is 0 Å². The van der Waals surface area contributed by atoms with E-state index in [4.69, 9.17) is 4.74 Å². The smallest absolute Gasteiger partial charge is 0.407 e. The molecule has 6 heteroatoms. The van der Waals surface area contributed by atoms with E-state index in [-0.39, 0.29) is 11.5 Å². The number of carbonyl (C=O) groups excluding carboxylic acids is 1. The number of carbonyl (C=O) groups is 1. The molecule has 0 aliphatic carbocycles. The van der Waals surface area contributed by atoms with E-state index in [1.807, 2.05) is 0 Å². The van der Waals surface area contributed by atoms with Gasteiger partial charge in [-0.05, 0) is 19.8 Å². The number of hydrogen-bond acceptors (Lipinski definition) is 4. The van der Waals surface area contributed by atoms with Crippen molar-refractivity contribution in [1.29, 1.82) is 0 Å². The number of unbranched alkanes of at least 4 members (excludes halogenated alkanes) is 12. The van der Waals surface area contributed by atoms with Crippen molar-refractivity contribution in [2.24, 2.45) is 0 Å². The minimum atomic E-state index is -3.02. The van der Waals surface area contributed by atoms with Crippen molar-refractivity contribution in [2.45, 2.75) is 109 Å². The van der Waals surface area contributed by atoms with Gasteiger partial charge in [-0.2, -0.15) is 0 Å². The molecule has 1 unspecified atom stereocenters. The fraction of sp³-hybridized carbons (Fsp3) is 0.952. The van der Waals surface area contributed by atoms with Gasteiger partial charge in [0.1, 0.15) is 0 Å². The first-order valence-corrected chi connectivity index (χ1v) is 12.8. The number of alkyl carbamates (subject to hydrolysis) is 1. The van der Waals surface area contributed by atoms with E-state index in [2.05, 4.69) is 12.2 Å². The summed E-state index contributed by atoms with van der Waals surface area (Å²) >= 11 is 0. The molecule has 160 valence electrons. The third-order valence-corrected chi connectivity index (χ3v) is 7.29. The third kappa shape index (κ3) is 12.3. The maximum atomic E-state index is 11.8. The van der Waals surface area contributed by atoms with Crippen molar-refractivity contribution < 1.29 is 17.9 Å². The number of ether oxygens (including phenoxy) is 1. The van der Waals surface area contributed by atoms with Crippen LogP contribution in [0.2, 0.25) is 0 Å². The van der Waals surface area contributed by atoms with Crippen molar-refractivity contribution in [2.75, 3.05) is 18.1 Å². The first-order valence-electron chi connectivity index (χ1n) is 11.0. The predicted octanol–water partition coefficient (Wildman–Crippen LogP) is 5.38. The van der Waals surface area contributed by atoms with Gasteiger partial charge in [0.05, 0.1) is 23.7 Å². The van der Waals surface area contributed by atoms with Crippen LogP contribution in [0.4, 0.5) is 4.79 Å². The number of rotatable bonds is 15. The van der Waals surface area contributed by atoms with E-state index in [0.29, 0.717) is 13.0 Å². The molecule has 1 fully saturated rings. The Balaban J connectivity index is 1.87. The van der Waals surface area contributed by atoms with Gasteiger partial charge < -0.3 is 10.1 Å². The van der Waals surface area contributed by atoms with Crippen LogP contribution in [-0.4, -0.2) is 38.2 Å². The summed E-state index contributed by atoms with van der Waals surface area (Å²) in [6, 6.07) is 0. The zero-order chi connectivity index (χ0) is 20.0. The van der Waals surface area contributed by atoms with Gasteiger partial charge in [0.25, 0.3) is 0 Å². The molecule has 1 N–H and O–H groups in total. The van der Waals surface area contributed by atoms with Crippen molar-refractivity contribution >= 4 is 15.9 Å². The molecule has 0 aromatic rings. The molecular weight excluding hydrogens is 362 g/mol. The second-order valence-electron chi connectivity index (χ2n) is 8.41. The van der Waals surface area contributed by atoms with Gasteiger partial charge in [0.15, 0.2) is 9.84 Å². The normalized spacial score (nSPS) is 21.3. The van der Waals surface area contributed by atoms with Gasteiger partial charge in [-0.25, -0.2) is 13.2 Å². The van der Waals surface area contributed by atoms with Crippen molar-refractivity contribution in [3.63, 3.8) is 0 Å². The van der Waals surface area contributed by atoms with Crippen LogP contribution in [0.15, 0.2) is 0 Å². The Bertz CT molecular complexity index is 506. The highest BCUT2D eigenvalue weighted by Gasteiger charge is 2.39. The molecule has 0 radical (unpaired) electrons. The number of sulfone groups is 1. The molecule has 0 spiro atoms. The maximum Gasteiger partial charge on any atom is 0.407 e. The Labute approximate surface area is 166 Å². The maximum absolute atomic E-state index is 11.8. The van der Waals surface area contributed by atoms with Crippen molar-refractivity contribution in [3.8, 4) is 0 Å². The van der Waals surface area contributed by atoms with Crippen LogP contribution in [0.5, 0.6) is 0 Å². The number of amides is 1. The Morgan fingerprint density at radius 2 is 1.37 bits per heavy atom. The number of nitrogens with one attached hydrogen (secondary N) is 1. The summed E-state index contributed by atoms with van der Waals surface area (Å²) in [6.07, 6.45) is 16.7. The Morgan fingerprint density at radius 3 is 1.81 bits per heavy atom. The van der Waals surface area contributed by atoms with Crippen LogP contribution < -0.4 is 5.32 Å². The summed E-state index contributed by atoms with van der Waals surface area (Å²) < 4.78 is 28.3. The van der Waals surface area contributed by atoms with Crippen molar-refractivity contribution in [1.82, 2.24) is 5.32 Å². The summed E-state index contributed by atoms with van der Waals surface area (Å²) in [5, 5.41) is 2.72. The molecule has 1 heterocycles. The van der Waals surface area contributed by atoms with Gasteiger partial charge in [0, 0.05) is 0 Å². The molecular formula is C21H41NO4S. The molecule has 1 atom stereocenters. The van der Waals surface area contributed by atoms with E-state index in [1.54, 1.807) is 6.92 Å². The van der Waals surface area contributed by atoms with Crippen LogP contribution in [0.3, 0.4) is 0 Å². The van der Waals surface area contributed by atoms with Crippen molar-refractivity contribution in [3.05, 3.63) is 0 Å². The van der Waals surface area contributed by atoms with Crippen LogP contribution in [0.25, 0.3) is 0 Å². The molecule has 0 aromatic heterocycles. The second-order valence-corrected chi connectivity index (χ2v) is 10.6. The van der Waals surface area contributed by atoms with Gasteiger partial charge in [-0.15, -0.1) is 0 Å². The lowest BCUT2D eigenvalue weighted by Crippen LogP contribution is -2.47. The molecule has 0 bridgehead atoms. The highest BCUT2D eigenvalue weighted by molar-refractivity contribution is 7.91. The molecule has 27 heavy (non-hydrogen) atoms. The average Bonchev–Trinajstić information content (AvgIpc) is 2.88. The van der Waals surface area contributed by atoms with E-state index in [9.17, 15) is 13.2 Å². The Kier molecular flexibility index (Phi) is 12.0. The zero-order valence-corrected chi connectivity index (χ0v) is 18.4. The van der Waals surface area contributed by atoms with Crippen LogP contribution in [0.1, 0.15) is 104 Å². The molecule has 0 saturated carbocycles. The lowest BCUT2D eigenvalue weighted by Gasteiger charge is -2.23. The molecule has 1 rings (SSSR count). The highest BCUT2D eigenvalue weighted by Crippen LogP contribution is 2.22. The van der Waals surface area contributed by atoms with Crippen LogP contribution >= 0.6 is 0 Å².